The number of benzene rings is 1. The molecule has 1 amide bonds. The first kappa shape index (κ1) is 14.0. The Hall–Kier alpha value is -2.43. The van der Waals surface area contributed by atoms with E-state index in [0.717, 1.165) is 17.5 Å². The van der Waals surface area contributed by atoms with Gasteiger partial charge in [0.1, 0.15) is 6.54 Å². The highest BCUT2D eigenvalue weighted by Crippen LogP contribution is 2.11. The lowest BCUT2D eigenvalue weighted by molar-refractivity contribution is -0.116. The van der Waals surface area contributed by atoms with Crippen LogP contribution in [0.1, 0.15) is 27.3 Å². The van der Waals surface area contributed by atoms with Crippen molar-refractivity contribution in [2.45, 2.75) is 27.3 Å². The Morgan fingerprint density at radius 1 is 1.25 bits per heavy atom. The number of amides is 1. The Morgan fingerprint density at radius 3 is 2.45 bits per heavy atom. The van der Waals surface area contributed by atoms with Crippen molar-refractivity contribution in [1.29, 1.82) is 0 Å². The van der Waals surface area contributed by atoms with E-state index < -0.39 is 0 Å². The number of aryl methyl sites for hydroxylation is 2. The Kier molecular flexibility index (Phi) is 3.98. The van der Waals surface area contributed by atoms with Crippen LogP contribution in [0.3, 0.4) is 0 Å². The third kappa shape index (κ3) is 2.93. The van der Waals surface area contributed by atoms with Gasteiger partial charge in [-0.1, -0.05) is 17.7 Å². The zero-order valence-electron chi connectivity index (χ0n) is 11.8. The van der Waals surface area contributed by atoms with Crippen LogP contribution in [-0.2, 0) is 11.3 Å². The molecule has 1 aromatic carbocycles. The monoisotopic (exact) mass is 271 g/mol. The Balaban J connectivity index is 2.08. The van der Waals surface area contributed by atoms with Crippen molar-refractivity contribution in [3.63, 3.8) is 0 Å². The van der Waals surface area contributed by atoms with Gasteiger partial charge in [-0.15, -0.1) is 0 Å². The number of anilines is 1. The van der Waals surface area contributed by atoms with Crippen LogP contribution in [0.5, 0.6) is 0 Å². The predicted octanol–water partition coefficient (Wildman–Crippen LogP) is 2.26. The number of carbonyl (C=O) groups is 2. The molecule has 1 heterocycles. The van der Waals surface area contributed by atoms with Gasteiger partial charge in [-0.25, -0.2) is 0 Å². The van der Waals surface area contributed by atoms with Crippen LogP contribution in [0, 0.1) is 20.8 Å². The van der Waals surface area contributed by atoms with Crippen molar-refractivity contribution in [2.24, 2.45) is 0 Å². The summed E-state index contributed by atoms with van der Waals surface area (Å²) in [7, 11) is 0. The molecule has 2 aromatic rings. The lowest BCUT2D eigenvalue weighted by atomic mass is 10.2. The second-order valence-electron chi connectivity index (χ2n) is 4.77. The van der Waals surface area contributed by atoms with Gasteiger partial charge in [0.25, 0.3) is 0 Å². The van der Waals surface area contributed by atoms with Crippen molar-refractivity contribution >= 4 is 17.9 Å². The molecule has 0 radical (unpaired) electrons. The quantitative estimate of drug-likeness (QED) is 0.867. The lowest BCUT2D eigenvalue weighted by Gasteiger charge is -2.07. The minimum Gasteiger partial charge on any atom is -0.324 e. The third-order valence-electron chi connectivity index (χ3n) is 3.18. The molecule has 0 bridgehead atoms. The second kappa shape index (κ2) is 5.69. The number of nitrogens with zero attached hydrogens (tertiary/aromatic N) is 2. The predicted molar refractivity (Wildman–Crippen MR) is 76.9 cm³/mol. The molecule has 2 rings (SSSR count). The standard InChI is InChI=1S/C15H17N3O2/c1-10-4-6-13(7-5-10)16-15(20)8-18-12(3)14(9-19)11(2)17-18/h4-7,9H,8H2,1-3H3,(H,16,20). The van der Waals surface area contributed by atoms with E-state index in [9.17, 15) is 9.59 Å². The molecule has 0 unspecified atom stereocenters. The molecule has 20 heavy (non-hydrogen) atoms. The fourth-order valence-electron chi connectivity index (χ4n) is 2.01. The SMILES string of the molecule is Cc1ccc(NC(=O)Cn2nc(C)c(C=O)c2C)cc1. The Bertz CT molecular complexity index is 642. The zero-order chi connectivity index (χ0) is 14.7. The first-order valence-corrected chi connectivity index (χ1v) is 6.37. The highest BCUT2D eigenvalue weighted by atomic mass is 16.2. The number of aldehydes is 1. The molecule has 0 saturated heterocycles. The van der Waals surface area contributed by atoms with Crippen molar-refractivity contribution < 1.29 is 9.59 Å². The van der Waals surface area contributed by atoms with E-state index in [2.05, 4.69) is 10.4 Å². The number of aromatic nitrogens is 2. The fourth-order valence-corrected chi connectivity index (χ4v) is 2.01. The van der Waals surface area contributed by atoms with E-state index in [4.69, 9.17) is 0 Å². The molecule has 0 aliphatic heterocycles. The van der Waals surface area contributed by atoms with Gasteiger partial charge in [-0.3, -0.25) is 14.3 Å². The third-order valence-corrected chi connectivity index (χ3v) is 3.18. The molecule has 0 saturated carbocycles. The van der Waals surface area contributed by atoms with Gasteiger partial charge in [0.2, 0.25) is 5.91 Å². The van der Waals surface area contributed by atoms with Crippen LogP contribution in [0.4, 0.5) is 5.69 Å². The Labute approximate surface area is 117 Å². The average Bonchev–Trinajstić information content (AvgIpc) is 2.67. The zero-order valence-corrected chi connectivity index (χ0v) is 11.8. The summed E-state index contributed by atoms with van der Waals surface area (Å²) in [6, 6.07) is 7.57. The lowest BCUT2D eigenvalue weighted by Crippen LogP contribution is -2.20. The molecule has 1 N–H and O–H groups in total. The summed E-state index contributed by atoms with van der Waals surface area (Å²) in [5.74, 6) is -0.170. The van der Waals surface area contributed by atoms with Gasteiger partial charge in [-0.05, 0) is 32.9 Å². The number of nitrogens with one attached hydrogen (secondary N) is 1. The minimum atomic E-state index is -0.170. The van der Waals surface area contributed by atoms with Crippen molar-refractivity contribution in [3.05, 3.63) is 46.8 Å². The maximum atomic E-state index is 12.0. The van der Waals surface area contributed by atoms with Gasteiger partial charge in [-0.2, -0.15) is 5.10 Å². The van der Waals surface area contributed by atoms with Gasteiger partial charge in [0.15, 0.2) is 6.29 Å². The molecule has 0 fully saturated rings. The van der Waals surface area contributed by atoms with E-state index >= 15 is 0 Å². The fraction of sp³-hybridized carbons (Fsp3) is 0.267. The van der Waals surface area contributed by atoms with E-state index in [0.29, 0.717) is 17.0 Å². The van der Waals surface area contributed by atoms with E-state index in [1.54, 1.807) is 18.5 Å². The summed E-state index contributed by atoms with van der Waals surface area (Å²) in [6.07, 6.45) is 0.770. The van der Waals surface area contributed by atoms with E-state index in [1.807, 2.05) is 31.2 Å². The molecule has 5 nitrogen and oxygen atoms in total. The molecular weight excluding hydrogens is 254 g/mol. The highest BCUT2D eigenvalue weighted by Gasteiger charge is 2.13. The number of hydrogen-bond donors (Lipinski definition) is 1. The molecule has 5 heteroatoms. The number of rotatable bonds is 4. The number of hydrogen-bond acceptors (Lipinski definition) is 3. The minimum absolute atomic E-state index is 0.0917. The van der Waals surface area contributed by atoms with Crippen LogP contribution in [-0.4, -0.2) is 22.0 Å². The van der Waals surface area contributed by atoms with Gasteiger partial charge < -0.3 is 5.32 Å². The maximum Gasteiger partial charge on any atom is 0.246 e. The molecule has 0 atom stereocenters. The van der Waals surface area contributed by atoms with Crippen molar-refractivity contribution in [3.8, 4) is 0 Å². The molecule has 0 aliphatic carbocycles. The van der Waals surface area contributed by atoms with Gasteiger partial charge >= 0.3 is 0 Å². The number of carbonyl (C=O) groups excluding carboxylic acids is 2. The maximum absolute atomic E-state index is 12.0. The summed E-state index contributed by atoms with van der Waals surface area (Å²) in [6.45, 7) is 5.62. The van der Waals surface area contributed by atoms with Gasteiger partial charge in [0.05, 0.1) is 11.3 Å². The van der Waals surface area contributed by atoms with Gasteiger partial charge in [0, 0.05) is 11.4 Å². The summed E-state index contributed by atoms with van der Waals surface area (Å²) in [5.41, 5.74) is 3.78. The van der Waals surface area contributed by atoms with E-state index in [-0.39, 0.29) is 12.5 Å². The largest absolute Gasteiger partial charge is 0.324 e. The smallest absolute Gasteiger partial charge is 0.246 e. The molecule has 0 spiro atoms. The summed E-state index contributed by atoms with van der Waals surface area (Å²) >= 11 is 0. The van der Waals surface area contributed by atoms with E-state index in [1.165, 1.54) is 0 Å². The van der Waals surface area contributed by atoms with Crippen LogP contribution in [0.25, 0.3) is 0 Å². The topological polar surface area (TPSA) is 64.0 Å². The summed E-state index contributed by atoms with van der Waals surface area (Å²) in [4.78, 5) is 22.9. The highest BCUT2D eigenvalue weighted by molar-refractivity contribution is 5.90. The first-order valence-electron chi connectivity index (χ1n) is 6.37. The first-order chi connectivity index (χ1) is 9.51. The molecule has 1 aromatic heterocycles. The van der Waals surface area contributed by atoms with Crippen LogP contribution < -0.4 is 5.32 Å². The Morgan fingerprint density at radius 2 is 1.90 bits per heavy atom. The van der Waals surface area contributed by atoms with Crippen LogP contribution in [0.15, 0.2) is 24.3 Å². The summed E-state index contributed by atoms with van der Waals surface area (Å²) in [5, 5.41) is 7.00. The van der Waals surface area contributed by atoms with Crippen molar-refractivity contribution in [1.82, 2.24) is 9.78 Å². The molecular formula is C15H17N3O2. The normalized spacial score (nSPS) is 10.3. The second-order valence-corrected chi connectivity index (χ2v) is 4.77. The van der Waals surface area contributed by atoms with Crippen LogP contribution >= 0.6 is 0 Å². The average molecular weight is 271 g/mol. The summed E-state index contributed by atoms with van der Waals surface area (Å²) < 4.78 is 1.54. The molecule has 0 aliphatic rings. The molecule has 104 valence electrons. The van der Waals surface area contributed by atoms with Crippen molar-refractivity contribution in [2.75, 3.05) is 5.32 Å². The van der Waals surface area contributed by atoms with Crippen LogP contribution in [0.2, 0.25) is 0 Å².